The fraction of sp³-hybridized carbons (Fsp3) is 0.357. The van der Waals surface area contributed by atoms with Gasteiger partial charge in [0, 0.05) is 6.54 Å². The molecule has 1 aliphatic rings. The predicted octanol–water partition coefficient (Wildman–Crippen LogP) is 3.53. The van der Waals surface area contributed by atoms with Crippen molar-refractivity contribution in [2.75, 3.05) is 6.54 Å². The zero-order chi connectivity index (χ0) is 12.3. The van der Waals surface area contributed by atoms with Crippen molar-refractivity contribution in [2.45, 2.75) is 25.3 Å². The monoisotopic (exact) mass is 231 g/mol. The molecule has 1 atom stereocenters. The number of hydrogen-bond donors (Lipinski definition) is 1. The Labute approximate surface area is 101 Å². The third-order valence-electron chi connectivity index (χ3n) is 3.28. The Morgan fingerprint density at radius 2 is 2.29 bits per heavy atom. The van der Waals surface area contributed by atoms with E-state index in [2.05, 4.69) is 6.58 Å². The van der Waals surface area contributed by atoms with Crippen molar-refractivity contribution >= 4 is 12.2 Å². The number of hydrogen-bond acceptors (Lipinski definition) is 1. The summed E-state index contributed by atoms with van der Waals surface area (Å²) in [4.78, 5) is 12.7. The summed E-state index contributed by atoms with van der Waals surface area (Å²) in [5.74, 6) is 0. The zero-order valence-electron chi connectivity index (χ0n) is 9.80. The van der Waals surface area contributed by atoms with Crippen molar-refractivity contribution < 1.29 is 9.90 Å². The number of piperidine rings is 1. The summed E-state index contributed by atoms with van der Waals surface area (Å²) in [7, 11) is 0. The first-order chi connectivity index (χ1) is 8.22. The molecule has 1 aromatic carbocycles. The highest BCUT2D eigenvalue weighted by molar-refractivity contribution is 5.66. The van der Waals surface area contributed by atoms with E-state index >= 15 is 0 Å². The van der Waals surface area contributed by atoms with Crippen LogP contribution in [-0.4, -0.2) is 22.6 Å². The van der Waals surface area contributed by atoms with E-state index in [-0.39, 0.29) is 6.04 Å². The first kappa shape index (κ1) is 11.7. The summed E-state index contributed by atoms with van der Waals surface area (Å²) in [5, 5.41) is 9.20. The third kappa shape index (κ3) is 2.49. The predicted molar refractivity (Wildman–Crippen MR) is 67.9 cm³/mol. The van der Waals surface area contributed by atoms with Gasteiger partial charge < -0.3 is 10.0 Å². The quantitative estimate of drug-likeness (QED) is 0.845. The summed E-state index contributed by atoms with van der Waals surface area (Å²) in [6, 6.07) is 7.96. The number of amides is 1. The van der Waals surface area contributed by atoms with Crippen LogP contribution in [0.25, 0.3) is 6.08 Å². The molecule has 2 rings (SSSR count). The maximum Gasteiger partial charge on any atom is 0.407 e. The second-order valence-electron chi connectivity index (χ2n) is 4.36. The SMILES string of the molecule is C=Cc1cccc(C2CCCCN2C(=O)O)c1. The molecular weight excluding hydrogens is 214 g/mol. The van der Waals surface area contributed by atoms with Gasteiger partial charge in [0.15, 0.2) is 0 Å². The van der Waals surface area contributed by atoms with Crippen LogP contribution in [0.3, 0.4) is 0 Å². The van der Waals surface area contributed by atoms with Crippen LogP contribution in [0.15, 0.2) is 30.8 Å². The van der Waals surface area contributed by atoms with Gasteiger partial charge in [0.25, 0.3) is 0 Å². The molecule has 1 aromatic rings. The van der Waals surface area contributed by atoms with Crippen LogP contribution in [-0.2, 0) is 0 Å². The molecule has 17 heavy (non-hydrogen) atoms. The van der Waals surface area contributed by atoms with Gasteiger partial charge in [0.1, 0.15) is 0 Å². The highest BCUT2D eigenvalue weighted by Crippen LogP contribution is 2.31. The van der Waals surface area contributed by atoms with Crippen molar-refractivity contribution in [1.29, 1.82) is 0 Å². The standard InChI is InChI=1S/C14H17NO2/c1-2-11-6-5-7-12(10-11)13-8-3-4-9-15(13)14(16)17/h2,5-7,10,13H,1,3-4,8-9H2,(H,16,17). The minimum Gasteiger partial charge on any atom is -0.465 e. The number of nitrogens with zero attached hydrogens (tertiary/aromatic N) is 1. The van der Waals surface area contributed by atoms with Crippen molar-refractivity contribution in [3.8, 4) is 0 Å². The molecule has 1 unspecified atom stereocenters. The molecule has 1 saturated heterocycles. The molecule has 3 heteroatoms. The molecule has 1 amide bonds. The summed E-state index contributed by atoms with van der Waals surface area (Å²) >= 11 is 0. The van der Waals surface area contributed by atoms with Crippen LogP contribution >= 0.6 is 0 Å². The minimum atomic E-state index is -0.821. The van der Waals surface area contributed by atoms with Gasteiger partial charge in [-0.2, -0.15) is 0 Å². The Bertz CT molecular complexity index is 428. The van der Waals surface area contributed by atoms with Crippen molar-refractivity contribution in [3.05, 3.63) is 42.0 Å². The summed E-state index contributed by atoms with van der Waals surface area (Å²) in [5.41, 5.74) is 2.11. The van der Waals surface area contributed by atoms with Gasteiger partial charge in [0.2, 0.25) is 0 Å². The van der Waals surface area contributed by atoms with E-state index in [9.17, 15) is 9.90 Å². The molecule has 0 aliphatic carbocycles. The highest BCUT2D eigenvalue weighted by Gasteiger charge is 2.27. The maximum absolute atomic E-state index is 11.2. The molecule has 0 spiro atoms. The van der Waals surface area contributed by atoms with Crippen LogP contribution in [0.5, 0.6) is 0 Å². The second-order valence-corrected chi connectivity index (χ2v) is 4.36. The molecule has 0 saturated carbocycles. The van der Waals surface area contributed by atoms with Crippen LogP contribution < -0.4 is 0 Å². The van der Waals surface area contributed by atoms with Gasteiger partial charge in [0.05, 0.1) is 6.04 Å². The summed E-state index contributed by atoms with van der Waals surface area (Å²) in [6.45, 7) is 4.38. The van der Waals surface area contributed by atoms with Crippen LogP contribution in [0.2, 0.25) is 0 Å². The van der Waals surface area contributed by atoms with Crippen molar-refractivity contribution in [2.24, 2.45) is 0 Å². The fourth-order valence-corrected chi connectivity index (χ4v) is 2.40. The topological polar surface area (TPSA) is 40.5 Å². The summed E-state index contributed by atoms with van der Waals surface area (Å²) in [6.07, 6.45) is 3.93. The number of benzene rings is 1. The smallest absolute Gasteiger partial charge is 0.407 e. The van der Waals surface area contributed by atoms with E-state index in [0.717, 1.165) is 30.4 Å². The van der Waals surface area contributed by atoms with Crippen molar-refractivity contribution in [1.82, 2.24) is 4.90 Å². The minimum absolute atomic E-state index is 0.00106. The number of carbonyl (C=O) groups is 1. The Kier molecular flexibility index (Phi) is 3.47. The van der Waals surface area contributed by atoms with E-state index in [4.69, 9.17) is 0 Å². The number of likely N-dealkylation sites (tertiary alicyclic amines) is 1. The summed E-state index contributed by atoms with van der Waals surface area (Å²) < 4.78 is 0. The third-order valence-corrected chi connectivity index (χ3v) is 3.28. The van der Waals surface area contributed by atoms with E-state index < -0.39 is 6.09 Å². The molecule has 3 nitrogen and oxygen atoms in total. The lowest BCUT2D eigenvalue weighted by molar-refractivity contribution is 0.106. The molecule has 1 N–H and O–H groups in total. The lowest BCUT2D eigenvalue weighted by atomic mass is 9.94. The Hall–Kier alpha value is -1.77. The average Bonchev–Trinajstić information content (AvgIpc) is 2.39. The first-order valence-corrected chi connectivity index (χ1v) is 5.94. The molecule has 90 valence electrons. The Morgan fingerprint density at radius 1 is 1.47 bits per heavy atom. The molecule has 1 fully saturated rings. The number of carboxylic acid groups (broad SMARTS) is 1. The number of rotatable bonds is 2. The van der Waals surface area contributed by atoms with Crippen LogP contribution in [0, 0.1) is 0 Å². The van der Waals surface area contributed by atoms with E-state index in [1.807, 2.05) is 24.3 Å². The van der Waals surface area contributed by atoms with E-state index in [1.54, 1.807) is 11.0 Å². The largest absolute Gasteiger partial charge is 0.465 e. The van der Waals surface area contributed by atoms with Gasteiger partial charge >= 0.3 is 6.09 Å². The first-order valence-electron chi connectivity index (χ1n) is 5.94. The normalized spacial score (nSPS) is 20.0. The van der Waals surface area contributed by atoms with Crippen LogP contribution in [0.4, 0.5) is 4.79 Å². The lowest BCUT2D eigenvalue weighted by Gasteiger charge is -2.34. The van der Waals surface area contributed by atoms with Gasteiger partial charge in [-0.3, -0.25) is 0 Å². The maximum atomic E-state index is 11.2. The van der Waals surface area contributed by atoms with Gasteiger partial charge in [-0.25, -0.2) is 4.79 Å². The molecule has 1 heterocycles. The molecular formula is C14H17NO2. The second kappa shape index (κ2) is 5.04. The molecule has 0 radical (unpaired) electrons. The average molecular weight is 231 g/mol. The fourth-order valence-electron chi connectivity index (χ4n) is 2.40. The van der Waals surface area contributed by atoms with Gasteiger partial charge in [-0.1, -0.05) is 30.9 Å². The van der Waals surface area contributed by atoms with Crippen molar-refractivity contribution in [3.63, 3.8) is 0 Å². The Morgan fingerprint density at radius 3 is 3.00 bits per heavy atom. The molecule has 1 aliphatic heterocycles. The van der Waals surface area contributed by atoms with Gasteiger partial charge in [-0.15, -0.1) is 0 Å². The highest BCUT2D eigenvalue weighted by atomic mass is 16.4. The van der Waals surface area contributed by atoms with Crippen LogP contribution in [0.1, 0.15) is 36.4 Å². The van der Waals surface area contributed by atoms with Gasteiger partial charge in [-0.05, 0) is 36.5 Å². The van der Waals surface area contributed by atoms with E-state index in [1.165, 1.54) is 0 Å². The Balaban J connectivity index is 2.28. The van der Waals surface area contributed by atoms with E-state index in [0.29, 0.717) is 6.54 Å². The molecule has 0 aromatic heterocycles. The lowest BCUT2D eigenvalue weighted by Crippen LogP contribution is -2.37. The zero-order valence-corrected chi connectivity index (χ0v) is 9.80. The molecule has 0 bridgehead atoms.